The van der Waals surface area contributed by atoms with E-state index in [-0.39, 0.29) is 16.4 Å². The van der Waals surface area contributed by atoms with Gasteiger partial charge in [-0.2, -0.15) is 0 Å². The Morgan fingerprint density at radius 1 is 1.59 bits per heavy atom. The molecule has 1 rings (SSSR count). The lowest BCUT2D eigenvalue weighted by Gasteiger charge is -2.06. The molecule has 8 heteroatoms. The maximum atomic E-state index is 11.5. The van der Waals surface area contributed by atoms with Crippen molar-refractivity contribution in [3.63, 3.8) is 0 Å². The zero-order valence-corrected chi connectivity index (χ0v) is 9.69. The van der Waals surface area contributed by atoms with Crippen LogP contribution in [0.3, 0.4) is 0 Å². The Morgan fingerprint density at radius 3 is 2.71 bits per heavy atom. The minimum atomic E-state index is -1.01. The third kappa shape index (κ3) is 3.52. The molecule has 0 aliphatic rings. The molecule has 1 atom stereocenters. The van der Waals surface area contributed by atoms with E-state index in [1.54, 1.807) is 0 Å². The molecular weight excluding hydrogens is 248 g/mol. The van der Waals surface area contributed by atoms with Gasteiger partial charge >= 0.3 is 11.0 Å². The van der Waals surface area contributed by atoms with Crippen LogP contribution in [-0.4, -0.2) is 28.5 Å². The molecule has 1 amide bonds. The van der Waals surface area contributed by atoms with Crippen molar-refractivity contribution in [2.75, 3.05) is 6.54 Å². The Bertz CT molecular complexity index is 456. The topological polar surface area (TPSA) is 110 Å². The van der Waals surface area contributed by atoms with E-state index < -0.39 is 22.7 Å². The molecule has 7 nitrogen and oxygen atoms in total. The van der Waals surface area contributed by atoms with Crippen molar-refractivity contribution in [3.05, 3.63) is 27.1 Å². The number of aliphatic carboxylic acids is 1. The highest BCUT2D eigenvalue weighted by atomic mass is 32.1. The van der Waals surface area contributed by atoms with E-state index in [0.717, 1.165) is 11.3 Å². The van der Waals surface area contributed by atoms with Gasteiger partial charge in [0.05, 0.1) is 15.7 Å². The largest absolute Gasteiger partial charge is 0.481 e. The second-order valence-corrected chi connectivity index (χ2v) is 4.41. The summed E-state index contributed by atoms with van der Waals surface area (Å²) in [7, 11) is 0. The van der Waals surface area contributed by atoms with Gasteiger partial charge in [-0.3, -0.25) is 19.7 Å². The van der Waals surface area contributed by atoms with E-state index in [9.17, 15) is 19.7 Å². The van der Waals surface area contributed by atoms with Gasteiger partial charge in [0.2, 0.25) is 0 Å². The van der Waals surface area contributed by atoms with Crippen molar-refractivity contribution >= 4 is 28.2 Å². The number of carbonyl (C=O) groups excluding carboxylic acids is 1. The van der Waals surface area contributed by atoms with Gasteiger partial charge in [-0.15, -0.1) is 0 Å². The Kier molecular flexibility index (Phi) is 4.16. The van der Waals surface area contributed by atoms with Crippen LogP contribution in [0.2, 0.25) is 0 Å². The number of thiophene rings is 1. The van der Waals surface area contributed by atoms with Crippen molar-refractivity contribution in [2.45, 2.75) is 6.92 Å². The lowest BCUT2D eigenvalue weighted by molar-refractivity contribution is -0.380. The molecule has 0 spiro atoms. The lowest BCUT2D eigenvalue weighted by atomic mass is 10.2. The fourth-order valence-electron chi connectivity index (χ4n) is 0.968. The number of hydrogen-bond acceptors (Lipinski definition) is 5. The Hall–Kier alpha value is -1.96. The summed E-state index contributed by atoms with van der Waals surface area (Å²) in [6, 6.07) is 2.57. The lowest BCUT2D eigenvalue weighted by Crippen LogP contribution is -2.30. The van der Waals surface area contributed by atoms with Crippen LogP contribution in [0.25, 0.3) is 0 Å². The van der Waals surface area contributed by atoms with E-state index in [1.165, 1.54) is 19.1 Å². The molecule has 0 saturated heterocycles. The average molecular weight is 258 g/mol. The maximum Gasteiger partial charge on any atom is 0.324 e. The first-order chi connectivity index (χ1) is 7.91. The molecule has 0 saturated carbocycles. The quantitative estimate of drug-likeness (QED) is 0.607. The summed E-state index contributed by atoms with van der Waals surface area (Å²) in [5, 5.41) is 21.3. The second-order valence-electron chi connectivity index (χ2n) is 3.34. The molecule has 1 unspecified atom stereocenters. The van der Waals surface area contributed by atoms with Gasteiger partial charge in [-0.05, 0) is 6.07 Å². The van der Waals surface area contributed by atoms with Crippen LogP contribution in [0.1, 0.15) is 16.6 Å². The normalized spacial score (nSPS) is 11.8. The van der Waals surface area contributed by atoms with Crippen molar-refractivity contribution in [3.8, 4) is 0 Å². The fraction of sp³-hybridized carbons (Fsp3) is 0.333. The van der Waals surface area contributed by atoms with E-state index in [4.69, 9.17) is 5.11 Å². The van der Waals surface area contributed by atoms with Crippen LogP contribution in [0.5, 0.6) is 0 Å². The van der Waals surface area contributed by atoms with Crippen LogP contribution in [-0.2, 0) is 4.79 Å². The molecule has 0 bridgehead atoms. The standard InChI is InChI=1S/C9H10N2O5S/c1-5(9(13)14)4-10-8(12)6-2-3-7(17-6)11(15)16/h2-3,5H,4H2,1H3,(H,10,12)(H,13,14). The Balaban J connectivity index is 2.58. The van der Waals surface area contributed by atoms with Gasteiger partial charge in [0.1, 0.15) is 0 Å². The molecule has 1 heterocycles. The van der Waals surface area contributed by atoms with E-state index in [1.807, 2.05) is 0 Å². The number of nitrogens with zero attached hydrogens (tertiary/aromatic N) is 1. The Morgan fingerprint density at radius 2 is 2.24 bits per heavy atom. The van der Waals surface area contributed by atoms with Gasteiger partial charge in [0, 0.05) is 12.6 Å². The summed E-state index contributed by atoms with van der Waals surface area (Å²) in [6.07, 6.45) is 0. The van der Waals surface area contributed by atoms with Crippen molar-refractivity contribution < 1.29 is 19.6 Å². The molecule has 1 aromatic rings. The van der Waals surface area contributed by atoms with E-state index >= 15 is 0 Å². The highest BCUT2D eigenvalue weighted by Crippen LogP contribution is 2.23. The third-order valence-corrected chi connectivity index (χ3v) is 3.02. The highest BCUT2D eigenvalue weighted by molar-refractivity contribution is 7.17. The van der Waals surface area contributed by atoms with Gasteiger partial charge in [-0.25, -0.2) is 0 Å². The smallest absolute Gasteiger partial charge is 0.324 e. The summed E-state index contributed by atoms with van der Waals surface area (Å²) in [5.41, 5.74) is 0. The molecule has 0 radical (unpaired) electrons. The first kappa shape index (κ1) is 13.1. The molecule has 0 aliphatic heterocycles. The average Bonchev–Trinajstić information content (AvgIpc) is 2.74. The van der Waals surface area contributed by atoms with Gasteiger partial charge in [-0.1, -0.05) is 18.3 Å². The minimum Gasteiger partial charge on any atom is -0.481 e. The van der Waals surface area contributed by atoms with E-state index in [0.29, 0.717) is 0 Å². The summed E-state index contributed by atoms with van der Waals surface area (Å²) >= 11 is 0.751. The fourth-order valence-corrected chi connectivity index (χ4v) is 1.70. The minimum absolute atomic E-state index is 0.0140. The second kappa shape index (κ2) is 5.39. The summed E-state index contributed by atoms with van der Waals surface area (Å²) in [6.45, 7) is 1.44. The number of rotatable bonds is 5. The molecule has 0 aromatic carbocycles. The van der Waals surface area contributed by atoms with Crippen LogP contribution >= 0.6 is 11.3 Å². The number of carbonyl (C=O) groups is 2. The summed E-state index contributed by atoms with van der Waals surface area (Å²) in [4.78, 5) is 32.0. The van der Waals surface area contributed by atoms with Crippen LogP contribution in [0, 0.1) is 16.0 Å². The zero-order chi connectivity index (χ0) is 13.0. The number of carboxylic acids is 1. The number of amides is 1. The predicted molar refractivity (Wildman–Crippen MR) is 60.1 cm³/mol. The molecule has 17 heavy (non-hydrogen) atoms. The Labute approximate surface area is 100 Å². The van der Waals surface area contributed by atoms with Crippen molar-refractivity contribution in [2.24, 2.45) is 5.92 Å². The number of hydrogen-bond donors (Lipinski definition) is 2. The molecular formula is C9H10N2O5S. The third-order valence-electron chi connectivity index (χ3n) is 1.99. The highest BCUT2D eigenvalue weighted by Gasteiger charge is 2.17. The molecule has 0 aliphatic carbocycles. The van der Waals surface area contributed by atoms with Gasteiger partial charge < -0.3 is 10.4 Å². The van der Waals surface area contributed by atoms with Crippen LogP contribution in [0.4, 0.5) is 5.00 Å². The molecule has 0 fully saturated rings. The summed E-state index contributed by atoms with van der Waals surface area (Å²) < 4.78 is 0. The molecule has 1 aromatic heterocycles. The number of nitrogens with one attached hydrogen (secondary N) is 1. The molecule has 92 valence electrons. The van der Waals surface area contributed by atoms with Crippen LogP contribution < -0.4 is 5.32 Å². The zero-order valence-electron chi connectivity index (χ0n) is 8.87. The van der Waals surface area contributed by atoms with Gasteiger partial charge in [0.15, 0.2) is 0 Å². The number of carboxylic acid groups (broad SMARTS) is 1. The monoisotopic (exact) mass is 258 g/mol. The number of nitro groups is 1. The van der Waals surface area contributed by atoms with Crippen LogP contribution in [0.15, 0.2) is 12.1 Å². The van der Waals surface area contributed by atoms with E-state index in [2.05, 4.69) is 5.32 Å². The molecule has 2 N–H and O–H groups in total. The van der Waals surface area contributed by atoms with Crippen molar-refractivity contribution in [1.29, 1.82) is 0 Å². The predicted octanol–water partition coefficient (Wildman–Crippen LogP) is 1.11. The first-order valence-corrected chi connectivity index (χ1v) is 5.48. The van der Waals surface area contributed by atoms with Crippen molar-refractivity contribution in [1.82, 2.24) is 5.32 Å². The van der Waals surface area contributed by atoms with Gasteiger partial charge in [0.25, 0.3) is 5.91 Å². The SMILES string of the molecule is CC(CNC(=O)c1ccc([N+](=O)[O-])s1)C(=O)O. The summed E-state index contributed by atoms with van der Waals surface area (Å²) in [5.74, 6) is -2.22. The maximum absolute atomic E-state index is 11.5. The first-order valence-electron chi connectivity index (χ1n) is 4.67.